The number of carbonyl (C=O) groups excluding carboxylic acids is 1. The number of carbonyl (C=O) groups is 1. The summed E-state index contributed by atoms with van der Waals surface area (Å²) in [5.74, 6) is 0.895. The number of nitrogens with two attached hydrogens (primary N) is 1. The fourth-order valence-electron chi connectivity index (χ4n) is 5.85. The lowest BCUT2D eigenvalue weighted by molar-refractivity contribution is 0.130. The van der Waals surface area contributed by atoms with Gasteiger partial charge in [-0.2, -0.15) is 0 Å². The number of fused-ring (bicyclic) bond motifs is 1. The van der Waals surface area contributed by atoms with Gasteiger partial charge in [0, 0.05) is 48.4 Å². The Morgan fingerprint density at radius 3 is 2.50 bits per heavy atom. The average Bonchev–Trinajstić information content (AvgIpc) is 3.45. The van der Waals surface area contributed by atoms with E-state index in [4.69, 9.17) is 15.2 Å². The number of hydrogen-bond donors (Lipinski definition) is 2. The molecule has 1 aromatic heterocycles. The molecule has 1 amide bonds. The Morgan fingerprint density at radius 2 is 1.80 bits per heavy atom. The van der Waals surface area contributed by atoms with E-state index in [0.29, 0.717) is 11.7 Å². The molecule has 1 aliphatic heterocycles. The Hall–Kier alpha value is -3.97. The second-order valence-electron chi connectivity index (χ2n) is 11.3. The maximum absolute atomic E-state index is 12.0. The third-order valence-electron chi connectivity index (χ3n) is 7.98. The number of nitrogens with zero attached hydrogens (tertiary/aromatic N) is 2. The molecule has 7 nitrogen and oxygen atoms in total. The molecule has 1 aliphatic carbocycles. The molecule has 4 aromatic rings. The van der Waals surface area contributed by atoms with Gasteiger partial charge >= 0.3 is 6.09 Å². The lowest BCUT2D eigenvalue weighted by Gasteiger charge is -2.30. The van der Waals surface area contributed by atoms with Crippen molar-refractivity contribution in [1.29, 1.82) is 0 Å². The van der Waals surface area contributed by atoms with Crippen LogP contribution in [0, 0.1) is 0 Å². The predicted molar refractivity (Wildman–Crippen MR) is 161 cm³/mol. The summed E-state index contributed by atoms with van der Waals surface area (Å²) in [5.41, 5.74) is 12.8. The first-order valence-corrected chi connectivity index (χ1v) is 14.4. The first-order valence-electron chi connectivity index (χ1n) is 14.4. The number of nitrogen functional groups attached to an aromatic ring is 1. The third-order valence-corrected chi connectivity index (χ3v) is 7.98. The summed E-state index contributed by atoms with van der Waals surface area (Å²) >= 11 is 0. The van der Waals surface area contributed by atoms with Crippen LogP contribution in [0.25, 0.3) is 22.2 Å². The zero-order chi connectivity index (χ0) is 27.6. The number of amides is 1. The predicted octanol–water partition coefficient (Wildman–Crippen LogP) is 7.23. The van der Waals surface area contributed by atoms with Crippen molar-refractivity contribution in [2.75, 3.05) is 24.1 Å². The quantitative estimate of drug-likeness (QED) is 0.247. The molecule has 6 rings (SSSR count). The van der Waals surface area contributed by atoms with Crippen LogP contribution in [-0.2, 0) is 11.3 Å². The van der Waals surface area contributed by atoms with Crippen molar-refractivity contribution in [2.45, 2.75) is 64.3 Å². The average molecular weight is 539 g/mol. The van der Waals surface area contributed by atoms with E-state index in [1.54, 1.807) is 0 Å². The maximum Gasteiger partial charge on any atom is 0.411 e. The molecule has 40 heavy (non-hydrogen) atoms. The number of nitrogens with one attached hydrogen (secondary N) is 1. The lowest BCUT2D eigenvalue weighted by Crippen LogP contribution is -2.24. The van der Waals surface area contributed by atoms with Gasteiger partial charge in [0.05, 0.1) is 23.0 Å². The van der Waals surface area contributed by atoms with Crippen LogP contribution in [-0.4, -0.2) is 40.9 Å². The van der Waals surface area contributed by atoms with Gasteiger partial charge < -0.3 is 19.8 Å². The van der Waals surface area contributed by atoms with E-state index in [0.717, 1.165) is 72.5 Å². The first kappa shape index (κ1) is 26.3. The summed E-state index contributed by atoms with van der Waals surface area (Å²) in [4.78, 5) is 14.5. The van der Waals surface area contributed by atoms with E-state index in [1.165, 1.54) is 12.0 Å². The van der Waals surface area contributed by atoms with Gasteiger partial charge in [-0.05, 0) is 69.4 Å². The van der Waals surface area contributed by atoms with E-state index in [2.05, 4.69) is 63.3 Å². The standard InChI is InChI=1S/C33H38N4O3/c1-22(2)39-33(38)35-25-13-11-24(12-14-25)32-31(34)29-16-15-27(19-30(29)37(32)26-9-6-10-26)40-28-17-18-36(21-28)20-23-7-4-3-5-8-23/h3-5,7-8,11-16,19,22,26,28H,6,9-10,17-18,20-21,34H2,1-2H3,(H,35,38). The SMILES string of the molecule is CC(C)OC(=O)Nc1ccc(-c2c(N)c3ccc(OC4CCN(Cc5ccccc5)C4)cc3n2C2CCC2)cc1. The molecular weight excluding hydrogens is 500 g/mol. The van der Waals surface area contributed by atoms with Gasteiger partial charge in [-0.15, -0.1) is 0 Å². The molecule has 1 saturated heterocycles. The van der Waals surface area contributed by atoms with Crippen molar-refractivity contribution < 1.29 is 14.3 Å². The number of likely N-dealkylation sites (tertiary alicyclic amines) is 1. The number of anilines is 2. The highest BCUT2D eigenvalue weighted by molar-refractivity contribution is 6.01. The number of ether oxygens (including phenoxy) is 2. The van der Waals surface area contributed by atoms with Gasteiger partial charge in [-0.1, -0.05) is 42.5 Å². The van der Waals surface area contributed by atoms with Crippen LogP contribution in [0.2, 0.25) is 0 Å². The van der Waals surface area contributed by atoms with E-state index in [9.17, 15) is 4.79 Å². The van der Waals surface area contributed by atoms with Gasteiger partial charge in [0.2, 0.25) is 0 Å². The number of aromatic nitrogens is 1. The highest BCUT2D eigenvalue weighted by Crippen LogP contribution is 2.45. The molecule has 208 valence electrons. The van der Waals surface area contributed by atoms with Crippen molar-refractivity contribution >= 4 is 28.4 Å². The van der Waals surface area contributed by atoms with Crippen molar-refractivity contribution in [3.63, 3.8) is 0 Å². The molecule has 2 aliphatic rings. The molecule has 0 spiro atoms. The van der Waals surface area contributed by atoms with Gasteiger partial charge in [-0.3, -0.25) is 10.2 Å². The van der Waals surface area contributed by atoms with Gasteiger partial charge in [-0.25, -0.2) is 4.79 Å². The Kier molecular flexibility index (Phi) is 7.39. The minimum Gasteiger partial charge on any atom is -0.489 e. The van der Waals surface area contributed by atoms with E-state index < -0.39 is 6.09 Å². The summed E-state index contributed by atoms with van der Waals surface area (Å²) in [6.07, 6.45) is 4.06. The minimum atomic E-state index is -0.455. The Labute approximate surface area is 235 Å². The zero-order valence-corrected chi connectivity index (χ0v) is 23.3. The molecule has 2 fully saturated rings. The lowest BCUT2D eigenvalue weighted by atomic mass is 9.92. The largest absolute Gasteiger partial charge is 0.489 e. The van der Waals surface area contributed by atoms with Crippen molar-refractivity contribution in [3.8, 4) is 17.0 Å². The molecule has 7 heteroatoms. The number of benzene rings is 3. The summed E-state index contributed by atoms with van der Waals surface area (Å²) in [5, 5.41) is 3.84. The van der Waals surface area contributed by atoms with E-state index >= 15 is 0 Å². The monoisotopic (exact) mass is 538 g/mol. The second-order valence-corrected chi connectivity index (χ2v) is 11.3. The second kappa shape index (κ2) is 11.3. The number of hydrogen-bond acceptors (Lipinski definition) is 5. The van der Waals surface area contributed by atoms with Gasteiger partial charge in [0.25, 0.3) is 0 Å². The molecule has 3 N–H and O–H groups in total. The van der Waals surface area contributed by atoms with Crippen LogP contribution < -0.4 is 15.8 Å². The normalized spacial score (nSPS) is 17.7. The summed E-state index contributed by atoms with van der Waals surface area (Å²) in [7, 11) is 0. The fourth-order valence-corrected chi connectivity index (χ4v) is 5.85. The molecule has 0 radical (unpaired) electrons. The fraction of sp³-hybridized carbons (Fsp3) is 0.364. The summed E-state index contributed by atoms with van der Waals surface area (Å²) < 4.78 is 14.1. The van der Waals surface area contributed by atoms with Crippen LogP contribution in [0.5, 0.6) is 5.75 Å². The number of rotatable bonds is 8. The van der Waals surface area contributed by atoms with Crippen LogP contribution in [0.15, 0.2) is 72.8 Å². The van der Waals surface area contributed by atoms with Crippen molar-refractivity contribution in [1.82, 2.24) is 9.47 Å². The maximum atomic E-state index is 12.0. The summed E-state index contributed by atoms with van der Waals surface area (Å²) in [6, 6.07) is 25.2. The Balaban J connectivity index is 1.23. The Morgan fingerprint density at radius 1 is 1.02 bits per heavy atom. The topological polar surface area (TPSA) is 81.8 Å². The van der Waals surface area contributed by atoms with Crippen molar-refractivity contribution in [2.24, 2.45) is 0 Å². The summed E-state index contributed by atoms with van der Waals surface area (Å²) in [6.45, 7) is 6.58. The van der Waals surface area contributed by atoms with E-state index in [1.807, 2.05) is 38.1 Å². The highest BCUT2D eigenvalue weighted by Gasteiger charge is 2.28. The minimum absolute atomic E-state index is 0.173. The third kappa shape index (κ3) is 5.52. The van der Waals surface area contributed by atoms with Crippen LogP contribution >= 0.6 is 0 Å². The van der Waals surface area contributed by atoms with Crippen LogP contribution in [0.3, 0.4) is 0 Å². The van der Waals surface area contributed by atoms with Gasteiger partial charge in [0.15, 0.2) is 0 Å². The molecular formula is C33H38N4O3. The zero-order valence-electron chi connectivity index (χ0n) is 23.3. The molecule has 1 saturated carbocycles. The first-order chi connectivity index (χ1) is 19.4. The molecule has 2 heterocycles. The van der Waals surface area contributed by atoms with E-state index in [-0.39, 0.29) is 12.2 Å². The van der Waals surface area contributed by atoms with Gasteiger partial charge in [0.1, 0.15) is 11.9 Å². The molecule has 3 aromatic carbocycles. The smallest absolute Gasteiger partial charge is 0.411 e. The van der Waals surface area contributed by atoms with Crippen LogP contribution in [0.4, 0.5) is 16.2 Å². The van der Waals surface area contributed by atoms with Crippen molar-refractivity contribution in [3.05, 3.63) is 78.4 Å². The van der Waals surface area contributed by atoms with Crippen LogP contribution in [0.1, 0.15) is 51.1 Å². The molecule has 0 bridgehead atoms. The molecule has 1 unspecified atom stereocenters. The highest BCUT2D eigenvalue weighted by atomic mass is 16.6. The molecule has 1 atom stereocenters. The Bertz CT molecular complexity index is 1480.